The van der Waals surface area contributed by atoms with Gasteiger partial charge in [0.25, 0.3) is 0 Å². The van der Waals surface area contributed by atoms with Gasteiger partial charge in [-0.1, -0.05) is 24.3 Å². The smallest absolute Gasteiger partial charge is 0.220 e. The first-order valence-electron chi connectivity index (χ1n) is 8.96. The highest BCUT2D eigenvalue weighted by molar-refractivity contribution is 5.86. The summed E-state index contributed by atoms with van der Waals surface area (Å²) in [5.74, 6) is 0.0339. The van der Waals surface area contributed by atoms with E-state index in [1.165, 1.54) is 0 Å². The molecular formula is C20H27N3O2. The van der Waals surface area contributed by atoms with Crippen LogP contribution < -0.4 is 10.6 Å². The van der Waals surface area contributed by atoms with Crippen molar-refractivity contribution >= 4 is 16.7 Å². The summed E-state index contributed by atoms with van der Waals surface area (Å²) in [7, 11) is 0. The van der Waals surface area contributed by atoms with E-state index >= 15 is 0 Å². The number of morpholine rings is 1. The van der Waals surface area contributed by atoms with E-state index in [1.54, 1.807) is 0 Å². The highest BCUT2D eigenvalue weighted by Crippen LogP contribution is 2.27. The van der Waals surface area contributed by atoms with Gasteiger partial charge < -0.3 is 15.4 Å². The molecule has 3 rings (SSSR count). The number of aryl methyl sites for hydroxylation is 1. The lowest BCUT2D eigenvalue weighted by Crippen LogP contribution is -2.43. The third kappa shape index (κ3) is 4.35. The number of nitrogens with one attached hydrogen (secondary N) is 2. The van der Waals surface area contributed by atoms with E-state index in [9.17, 15) is 4.79 Å². The van der Waals surface area contributed by atoms with Crippen LogP contribution in [0.4, 0.5) is 0 Å². The van der Waals surface area contributed by atoms with Crippen LogP contribution in [0.25, 0.3) is 10.8 Å². The van der Waals surface area contributed by atoms with Gasteiger partial charge in [0, 0.05) is 30.6 Å². The number of ether oxygens (including phenoxy) is 1. The molecule has 1 saturated heterocycles. The van der Waals surface area contributed by atoms with E-state index in [4.69, 9.17) is 9.72 Å². The summed E-state index contributed by atoms with van der Waals surface area (Å²) in [6, 6.07) is 10.2. The van der Waals surface area contributed by atoms with Crippen LogP contribution in [0.15, 0.2) is 30.3 Å². The van der Waals surface area contributed by atoms with E-state index < -0.39 is 5.54 Å². The molecule has 0 radical (unpaired) electrons. The topological polar surface area (TPSA) is 63.2 Å². The number of pyridine rings is 1. The van der Waals surface area contributed by atoms with Crippen molar-refractivity contribution < 1.29 is 9.53 Å². The summed E-state index contributed by atoms with van der Waals surface area (Å²) in [5.41, 5.74) is 1.33. The van der Waals surface area contributed by atoms with E-state index in [2.05, 4.69) is 28.8 Å². The zero-order valence-electron chi connectivity index (χ0n) is 15.3. The van der Waals surface area contributed by atoms with E-state index in [0.29, 0.717) is 6.42 Å². The fraction of sp³-hybridized carbons (Fsp3) is 0.500. The monoisotopic (exact) mass is 341 g/mol. The first-order valence-corrected chi connectivity index (χ1v) is 8.96. The average Bonchev–Trinajstić information content (AvgIpc) is 2.59. The number of nitrogens with zero attached hydrogens (tertiary/aromatic N) is 1. The Balaban J connectivity index is 1.71. The molecule has 0 spiro atoms. The molecule has 1 aliphatic heterocycles. The molecule has 1 aromatic heterocycles. The van der Waals surface area contributed by atoms with Crippen molar-refractivity contribution in [1.29, 1.82) is 0 Å². The molecule has 2 aromatic rings. The predicted octanol–water partition coefficient (Wildman–Crippen LogP) is 2.66. The number of hydrogen-bond donors (Lipinski definition) is 2. The standard InChI is InChI=1S/C20H27N3O2/c1-14-12-15-6-4-5-7-17(15)19(22-14)20(2,3)23-18(24)9-8-16-13-21-10-11-25-16/h4-7,12,16,21H,8-11,13H2,1-3H3,(H,23,24)/t16-/m1/s1. The number of amides is 1. The van der Waals surface area contributed by atoms with Crippen molar-refractivity contribution in [2.75, 3.05) is 19.7 Å². The van der Waals surface area contributed by atoms with Gasteiger partial charge in [0.15, 0.2) is 0 Å². The van der Waals surface area contributed by atoms with E-state index in [-0.39, 0.29) is 12.0 Å². The number of fused-ring (bicyclic) bond motifs is 1. The Labute approximate surface area is 149 Å². The maximum absolute atomic E-state index is 12.5. The van der Waals surface area contributed by atoms with Crippen LogP contribution in [-0.2, 0) is 15.1 Å². The molecule has 25 heavy (non-hydrogen) atoms. The third-order valence-electron chi connectivity index (χ3n) is 4.61. The molecule has 5 heteroatoms. The zero-order chi connectivity index (χ0) is 17.9. The minimum atomic E-state index is -0.533. The normalized spacial score (nSPS) is 18.3. The molecule has 1 aliphatic rings. The average molecular weight is 341 g/mol. The number of rotatable bonds is 5. The Kier molecular flexibility index (Phi) is 5.35. The number of hydrogen-bond acceptors (Lipinski definition) is 4. The van der Waals surface area contributed by atoms with E-state index in [1.807, 2.05) is 32.9 Å². The Bertz CT molecular complexity index is 752. The Morgan fingerprint density at radius 1 is 1.40 bits per heavy atom. The van der Waals surface area contributed by atoms with Crippen molar-refractivity contribution in [3.05, 3.63) is 41.7 Å². The predicted molar refractivity (Wildman–Crippen MR) is 99.5 cm³/mol. The van der Waals surface area contributed by atoms with Crippen LogP contribution in [0, 0.1) is 6.92 Å². The maximum Gasteiger partial charge on any atom is 0.220 e. The van der Waals surface area contributed by atoms with E-state index in [0.717, 1.165) is 48.3 Å². The van der Waals surface area contributed by atoms with Gasteiger partial charge in [-0.2, -0.15) is 0 Å². The van der Waals surface area contributed by atoms with Gasteiger partial charge in [0.2, 0.25) is 5.91 Å². The number of carbonyl (C=O) groups is 1. The second-order valence-corrected chi connectivity index (χ2v) is 7.24. The number of carbonyl (C=O) groups excluding carboxylic acids is 1. The molecule has 1 amide bonds. The lowest BCUT2D eigenvalue weighted by Gasteiger charge is -2.28. The molecule has 2 heterocycles. The fourth-order valence-corrected chi connectivity index (χ4v) is 3.38. The highest BCUT2D eigenvalue weighted by atomic mass is 16.5. The fourth-order valence-electron chi connectivity index (χ4n) is 3.38. The summed E-state index contributed by atoms with van der Waals surface area (Å²) in [4.78, 5) is 17.2. The molecule has 0 aliphatic carbocycles. The van der Waals surface area contributed by atoms with Crippen LogP contribution in [-0.4, -0.2) is 36.7 Å². The summed E-state index contributed by atoms with van der Waals surface area (Å²) in [6.45, 7) is 8.44. The van der Waals surface area contributed by atoms with Gasteiger partial charge in [0.1, 0.15) is 0 Å². The van der Waals surface area contributed by atoms with Crippen molar-refractivity contribution in [3.63, 3.8) is 0 Å². The second-order valence-electron chi connectivity index (χ2n) is 7.24. The van der Waals surface area contributed by atoms with Gasteiger partial charge in [-0.25, -0.2) is 0 Å². The molecule has 0 saturated carbocycles. The highest BCUT2D eigenvalue weighted by Gasteiger charge is 2.27. The molecule has 0 bridgehead atoms. The van der Waals surface area contributed by atoms with Crippen LogP contribution in [0.1, 0.15) is 38.1 Å². The third-order valence-corrected chi connectivity index (χ3v) is 4.61. The van der Waals surface area contributed by atoms with Gasteiger partial charge in [-0.3, -0.25) is 9.78 Å². The quantitative estimate of drug-likeness (QED) is 0.878. The van der Waals surface area contributed by atoms with Gasteiger partial charge in [0.05, 0.1) is 23.9 Å². The summed E-state index contributed by atoms with van der Waals surface area (Å²) < 4.78 is 5.66. The molecular weight excluding hydrogens is 314 g/mol. The zero-order valence-corrected chi connectivity index (χ0v) is 15.3. The van der Waals surface area contributed by atoms with Crippen LogP contribution in [0.2, 0.25) is 0 Å². The number of benzene rings is 1. The lowest BCUT2D eigenvalue weighted by atomic mass is 9.94. The molecule has 134 valence electrons. The van der Waals surface area contributed by atoms with Crippen molar-refractivity contribution in [2.24, 2.45) is 0 Å². The Hall–Kier alpha value is -1.98. The van der Waals surface area contributed by atoms with Crippen molar-refractivity contribution in [2.45, 2.75) is 45.3 Å². The summed E-state index contributed by atoms with van der Waals surface area (Å²) in [6.07, 6.45) is 1.32. The molecule has 1 fully saturated rings. The van der Waals surface area contributed by atoms with Crippen LogP contribution in [0.3, 0.4) is 0 Å². The minimum absolute atomic E-state index is 0.0339. The van der Waals surface area contributed by atoms with Gasteiger partial charge in [-0.15, -0.1) is 0 Å². The molecule has 5 nitrogen and oxygen atoms in total. The number of aromatic nitrogens is 1. The van der Waals surface area contributed by atoms with Crippen LogP contribution in [0.5, 0.6) is 0 Å². The molecule has 1 atom stereocenters. The SMILES string of the molecule is Cc1cc2ccccc2c(C(C)(C)NC(=O)CC[C@@H]2CNCCO2)n1. The van der Waals surface area contributed by atoms with Gasteiger partial charge >= 0.3 is 0 Å². The summed E-state index contributed by atoms with van der Waals surface area (Å²) in [5, 5.41) is 8.68. The second kappa shape index (κ2) is 7.50. The maximum atomic E-state index is 12.5. The first kappa shape index (κ1) is 17.8. The first-order chi connectivity index (χ1) is 12.0. The Morgan fingerprint density at radius 2 is 2.20 bits per heavy atom. The molecule has 0 unspecified atom stereocenters. The largest absolute Gasteiger partial charge is 0.376 e. The molecule has 1 aromatic carbocycles. The lowest BCUT2D eigenvalue weighted by molar-refractivity contribution is -0.123. The Morgan fingerprint density at radius 3 is 2.96 bits per heavy atom. The van der Waals surface area contributed by atoms with Crippen molar-refractivity contribution in [1.82, 2.24) is 15.6 Å². The van der Waals surface area contributed by atoms with Crippen molar-refractivity contribution in [3.8, 4) is 0 Å². The van der Waals surface area contributed by atoms with Crippen LogP contribution >= 0.6 is 0 Å². The van der Waals surface area contributed by atoms with Gasteiger partial charge in [-0.05, 0) is 38.6 Å². The molecule has 2 N–H and O–H groups in total. The summed E-state index contributed by atoms with van der Waals surface area (Å²) >= 11 is 0. The minimum Gasteiger partial charge on any atom is -0.376 e.